The first-order chi connectivity index (χ1) is 8.09. The monoisotopic (exact) mass is 241 g/mol. The second-order valence-electron chi connectivity index (χ2n) is 5.57. The Hall–Kier alpha value is -0.610. The molecular weight excluding hydrogens is 218 g/mol. The summed E-state index contributed by atoms with van der Waals surface area (Å²) in [5.41, 5.74) is -0.675. The molecule has 0 aromatic rings. The van der Waals surface area contributed by atoms with Crippen molar-refractivity contribution in [3.05, 3.63) is 0 Å². The molecule has 1 unspecified atom stereocenters. The highest BCUT2D eigenvalue weighted by Gasteiger charge is 2.32. The largest absolute Gasteiger partial charge is 0.388 e. The van der Waals surface area contributed by atoms with Gasteiger partial charge in [0.05, 0.1) is 12.2 Å². The van der Waals surface area contributed by atoms with E-state index in [1.54, 1.807) is 6.92 Å². The Morgan fingerprint density at radius 1 is 1.47 bits per heavy atom. The number of ether oxygens (including phenoxy) is 1. The maximum absolute atomic E-state index is 11.7. The summed E-state index contributed by atoms with van der Waals surface area (Å²) < 4.78 is 5.48. The van der Waals surface area contributed by atoms with Crippen LogP contribution in [-0.2, 0) is 9.53 Å². The average molecular weight is 241 g/mol. The van der Waals surface area contributed by atoms with E-state index >= 15 is 0 Å². The van der Waals surface area contributed by atoms with Crippen molar-refractivity contribution in [3.8, 4) is 0 Å². The second-order valence-corrected chi connectivity index (χ2v) is 5.57. The number of hydrogen-bond acceptors (Lipinski definition) is 3. The third-order valence-electron chi connectivity index (χ3n) is 3.77. The molecule has 1 amide bonds. The number of nitrogens with one attached hydrogen (secondary N) is 1. The van der Waals surface area contributed by atoms with Crippen molar-refractivity contribution in [3.63, 3.8) is 0 Å². The predicted molar refractivity (Wildman–Crippen MR) is 64.6 cm³/mol. The van der Waals surface area contributed by atoms with Gasteiger partial charge in [-0.2, -0.15) is 0 Å². The molecule has 0 radical (unpaired) electrons. The van der Waals surface area contributed by atoms with Crippen LogP contribution in [0.5, 0.6) is 0 Å². The van der Waals surface area contributed by atoms with Crippen LogP contribution < -0.4 is 5.32 Å². The van der Waals surface area contributed by atoms with Crippen LogP contribution in [0.3, 0.4) is 0 Å². The Balaban J connectivity index is 1.64. The standard InChI is InChI=1S/C13H23NO3/c1-10(17-8-11-4-5-11)12(15)14-9-13(16)6-2-3-7-13/h10-11,16H,2-9H2,1H3,(H,14,15). The van der Waals surface area contributed by atoms with Gasteiger partial charge >= 0.3 is 0 Å². The lowest BCUT2D eigenvalue weighted by atomic mass is 10.0. The van der Waals surface area contributed by atoms with E-state index in [1.807, 2.05) is 0 Å². The Bertz CT molecular complexity index is 270. The molecule has 0 aromatic carbocycles. The van der Waals surface area contributed by atoms with Gasteiger partial charge in [-0.3, -0.25) is 4.79 Å². The van der Waals surface area contributed by atoms with Crippen molar-refractivity contribution in [2.24, 2.45) is 5.92 Å². The van der Waals surface area contributed by atoms with Gasteiger partial charge in [-0.15, -0.1) is 0 Å². The zero-order valence-electron chi connectivity index (χ0n) is 10.6. The zero-order chi connectivity index (χ0) is 12.3. The summed E-state index contributed by atoms with van der Waals surface area (Å²) in [4.78, 5) is 11.7. The molecule has 2 fully saturated rings. The molecule has 0 aliphatic heterocycles. The predicted octanol–water partition coefficient (Wildman–Crippen LogP) is 1.22. The number of carbonyl (C=O) groups is 1. The first-order valence-electron chi connectivity index (χ1n) is 6.71. The van der Waals surface area contributed by atoms with Gasteiger partial charge in [-0.25, -0.2) is 0 Å². The van der Waals surface area contributed by atoms with E-state index < -0.39 is 11.7 Å². The number of hydrogen-bond donors (Lipinski definition) is 2. The van der Waals surface area contributed by atoms with E-state index in [0.717, 1.165) is 25.7 Å². The van der Waals surface area contributed by atoms with E-state index in [4.69, 9.17) is 4.74 Å². The zero-order valence-corrected chi connectivity index (χ0v) is 10.6. The Morgan fingerprint density at radius 3 is 2.71 bits per heavy atom. The van der Waals surface area contributed by atoms with Gasteiger partial charge in [0.1, 0.15) is 6.10 Å². The molecule has 2 saturated carbocycles. The molecule has 2 aliphatic carbocycles. The number of carbonyl (C=O) groups excluding carboxylic acids is 1. The lowest BCUT2D eigenvalue weighted by Crippen LogP contribution is -2.44. The Labute approximate surface area is 103 Å². The molecular formula is C13H23NO3. The molecule has 2 N–H and O–H groups in total. The molecule has 4 heteroatoms. The SMILES string of the molecule is CC(OCC1CC1)C(=O)NCC1(O)CCCC1. The highest BCUT2D eigenvalue weighted by molar-refractivity contribution is 5.80. The molecule has 17 heavy (non-hydrogen) atoms. The third-order valence-corrected chi connectivity index (χ3v) is 3.77. The highest BCUT2D eigenvalue weighted by atomic mass is 16.5. The van der Waals surface area contributed by atoms with Crippen LogP contribution in [0.15, 0.2) is 0 Å². The van der Waals surface area contributed by atoms with E-state index in [0.29, 0.717) is 19.1 Å². The molecule has 4 nitrogen and oxygen atoms in total. The van der Waals surface area contributed by atoms with Crippen molar-refractivity contribution in [2.45, 2.75) is 57.2 Å². The van der Waals surface area contributed by atoms with Gasteiger partial charge in [0.2, 0.25) is 5.91 Å². The third kappa shape index (κ3) is 3.96. The van der Waals surface area contributed by atoms with Crippen LogP contribution in [0.4, 0.5) is 0 Å². The van der Waals surface area contributed by atoms with E-state index in [1.165, 1.54) is 12.8 Å². The van der Waals surface area contributed by atoms with Crippen LogP contribution >= 0.6 is 0 Å². The van der Waals surface area contributed by atoms with Crippen molar-refractivity contribution in [2.75, 3.05) is 13.2 Å². The smallest absolute Gasteiger partial charge is 0.248 e. The number of aliphatic hydroxyl groups is 1. The molecule has 0 aromatic heterocycles. The molecule has 2 rings (SSSR count). The maximum atomic E-state index is 11.7. The quantitative estimate of drug-likeness (QED) is 0.735. The Kier molecular flexibility index (Phi) is 4.05. The second kappa shape index (κ2) is 5.36. The molecule has 2 aliphatic rings. The molecule has 0 bridgehead atoms. The first-order valence-corrected chi connectivity index (χ1v) is 6.71. The summed E-state index contributed by atoms with van der Waals surface area (Å²) in [5, 5.41) is 12.9. The normalized spacial score (nSPS) is 24.6. The van der Waals surface area contributed by atoms with Crippen molar-refractivity contribution in [1.29, 1.82) is 0 Å². The molecule has 0 spiro atoms. The highest BCUT2D eigenvalue weighted by Crippen LogP contribution is 2.29. The van der Waals surface area contributed by atoms with Crippen molar-refractivity contribution < 1.29 is 14.6 Å². The van der Waals surface area contributed by atoms with Gasteiger partial charge in [0, 0.05) is 6.54 Å². The van der Waals surface area contributed by atoms with Gasteiger partial charge in [0.25, 0.3) is 0 Å². The van der Waals surface area contributed by atoms with Gasteiger partial charge in [-0.1, -0.05) is 12.8 Å². The summed E-state index contributed by atoms with van der Waals surface area (Å²) in [6, 6.07) is 0. The van der Waals surface area contributed by atoms with E-state index in [2.05, 4.69) is 5.32 Å². The summed E-state index contributed by atoms with van der Waals surface area (Å²) in [7, 11) is 0. The number of rotatable bonds is 6. The minimum absolute atomic E-state index is 0.106. The Morgan fingerprint density at radius 2 is 2.12 bits per heavy atom. The first kappa shape index (κ1) is 12.8. The average Bonchev–Trinajstić information content (AvgIpc) is 3.05. The summed E-state index contributed by atoms with van der Waals surface area (Å²) >= 11 is 0. The van der Waals surface area contributed by atoms with E-state index in [-0.39, 0.29) is 5.91 Å². The van der Waals surface area contributed by atoms with Crippen molar-refractivity contribution in [1.82, 2.24) is 5.32 Å². The minimum Gasteiger partial charge on any atom is -0.388 e. The fourth-order valence-electron chi connectivity index (χ4n) is 2.25. The minimum atomic E-state index is -0.675. The number of amides is 1. The fraction of sp³-hybridized carbons (Fsp3) is 0.923. The van der Waals surface area contributed by atoms with Crippen LogP contribution in [-0.4, -0.2) is 35.9 Å². The van der Waals surface area contributed by atoms with Gasteiger partial charge < -0.3 is 15.2 Å². The van der Waals surface area contributed by atoms with Crippen LogP contribution in [0.1, 0.15) is 45.4 Å². The van der Waals surface area contributed by atoms with Crippen LogP contribution in [0, 0.1) is 5.92 Å². The van der Waals surface area contributed by atoms with Crippen molar-refractivity contribution >= 4 is 5.91 Å². The summed E-state index contributed by atoms with van der Waals surface area (Å²) in [5.74, 6) is 0.565. The summed E-state index contributed by atoms with van der Waals surface area (Å²) in [6.07, 6.45) is 5.76. The topological polar surface area (TPSA) is 58.6 Å². The van der Waals surface area contributed by atoms with Crippen LogP contribution in [0.2, 0.25) is 0 Å². The molecule has 98 valence electrons. The molecule has 0 heterocycles. The maximum Gasteiger partial charge on any atom is 0.248 e. The molecule has 1 atom stereocenters. The molecule has 0 saturated heterocycles. The lowest BCUT2D eigenvalue weighted by Gasteiger charge is -2.23. The van der Waals surface area contributed by atoms with Gasteiger partial charge in [-0.05, 0) is 38.5 Å². The van der Waals surface area contributed by atoms with Gasteiger partial charge in [0.15, 0.2) is 0 Å². The summed E-state index contributed by atoms with van der Waals surface area (Å²) in [6.45, 7) is 2.83. The fourth-order valence-corrected chi connectivity index (χ4v) is 2.25. The van der Waals surface area contributed by atoms with Crippen LogP contribution in [0.25, 0.3) is 0 Å². The van der Waals surface area contributed by atoms with E-state index in [9.17, 15) is 9.90 Å². The lowest BCUT2D eigenvalue weighted by molar-refractivity contribution is -0.133.